The summed E-state index contributed by atoms with van der Waals surface area (Å²) >= 11 is 1.17. The summed E-state index contributed by atoms with van der Waals surface area (Å²) in [7, 11) is 0. The maximum atomic E-state index is 12.4. The first kappa shape index (κ1) is 17.5. The molecular formula is C19H16N2O4S. The van der Waals surface area contributed by atoms with E-state index in [1.807, 2.05) is 0 Å². The van der Waals surface area contributed by atoms with Crippen LogP contribution in [0.25, 0.3) is 0 Å². The fraction of sp³-hybridized carbons (Fsp3) is 0.0526. The van der Waals surface area contributed by atoms with E-state index in [4.69, 9.17) is 9.15 Å². The zero-order chi connectivity index (χ0) is 18.4. The third kappa shape index (κ3) is 4.40. The average molecular weight is 368 g/mol. The number of benzene rings is 1. The Morgan fingerprint density at radius 2 is 2.00 bits per heavy atom. The van der Waals surface area contributed by atoms with Crippen molar-refractivity contribution in [3.8, 4) is 5.75 Å². The molecule has 2 N–H and O–H groups in total. The Kier molecular flexibility index (Phi) is 5.50. The number of carbonyl (C=O) groups is 2. The normalized spacial score (nSPS) is 10.2. The van der Waals surface area contributed by atoms with Gasteiger partial charge in [-0.15, -0.1) is 11.3 Å². The van der Waals surface area contributed by atoms with Gasteiger partial charge in [-0.2, -0.15) is 0 Å². The van der Waals surface area contributed by atoms with E-state index < -0.39 is 0 Å². The molecule has 0 atom stereocenters. The highest BCUT2D eigenvalue weighted by molar-refractivity contribution is 7.18. The van der Waals surface area contributed by atoms with Gasteiger partial charge in [-0.1, -0.05) is 18.7 Å². The number of hydrogen-bond donors (Lipinski definition) is 2. The van der Waals surface area contributed by atoms with E-state index >= 15 is 0 Å². The van der Waals surface area contributed by atoms with Crippen LogP contribution in [0, 0.1) is 0 Å². The standard InChI is InChI=1S/C19H16N2O4S/c1-2-10-24-14-6-3-5-13(12-14)20-19(23)16-8-9-17(26-16)21-18(22)15-7-4-11-25-15/h2-9,11-12H,1,10H2,(H,20,23)(H,21,22). The molecule has 2 aromatic heterocycles. The predicted octanol–water partition coefficient (Wildman–Crippen LogP) is 4.41. The molecule has 0 aliphatic carbocycles. The molecule has 0 saturated heterocycles. The molecule has 0 aliphatic rings. The first-order valence-corrected chi connectivity index (χ1v) is 8.57. The second kappa shape index (κ2) is 8.17. The van der Waals surface area contributed by atoms with E-state index in [-0.39, 0.29) is 17.6 Å². The Morgan fingerprint density at radius 1 is 1.12 bits per heavy atom. The van der Waals surface area contributed by atoms with Crippen LogP contribution >= 0.6 is 11.3 Å². The van der Waals surface area contributed by atoms with E-state index in [1.165, 1.54) is 17.6 Å². The fourth-order valence-corrected chi connectivity index (χ4v) is 2.92. The van der Waals surface area contributed by atoms with Crippen molar-refractivity contribution in [3.05, 3.63) is 78.1 Å². The Bertz CT molecular complexity index is 915. The van der Waals surface area contributed by atoms with Gasteiger partial charge in [0.15, 0.2) is 5.76 Å². The highest BCUT2D eigenvalue weighted by Gasteiger charge is 2.13. The fourth-order valence-electron chi connectivity index (χ4n) is 2.12. The Labute approximate surface area is 154 Å². The lowest BCUT2D eigenvalue weighted by molar-refractivity contribution is 0.0995. The molecule has 2 heterocycles. The maximum absolute atomic E-state index is 12.4. The Morgan fingerprint density at radius 3 is 2.77 bits per heavy atom. The van der Waals surface area contributed by atoms with Crippen LogP contribution < -0.4 is 15.4 Å². The maximum Gasteiger partial charge on any atom is 0.291 e. The van der Waals surface area contributed by atoms with Crippen LogP contribution in [0.1, 0.15) is 20.2 Å². The van der Waals surface area contributed by atoms with Crippen molar-refractivity contribution in [2.24, 2.45) is 0 Å². The monoisotopic (exact) mass is 368 g/mol. The second-order valence-corrected chi connectivity index (χ2v) is 6.26. The molecule has 2 amide bonds. The van der Waals surface area contributed by atoms with Crippen molar-refractivity contribution in [1.82, 2.24) is 0 Å². The number of nitrogens with one attached hydrogen (secondary N) is 2. The lowest BCUT2D eigenvalue weighted by Gasteiger charge is -2.07. The van der Waals surface area contributed by atoms with Crippen LogP contribution in [0.3, 0.4) is 0 Å². The number of anilines is 2. The lowest BCUT2D eigenvalue weighted by Crippen LogP contribution is -2.10. The summed E-state index contributed by atoms with van der Waals surface area (Å²) in [6.45, 7) is 3.99. The molecule has 0 fully saturated rings. The summed E-state index contributed by atoms with van der Waals surface area (Å²) < 4.78 is 10.5. The van der Waals surface area contributed by atoms with E-state index in [0.717, 1.165) is 0 Å². The summed E-state index contributed by atoms with van der Waals surface area (Å²) in [5, 5.41) is 6.05. The van der Waals surface area contributed by atoms with Gasteiger partial charge in [0.25, 0.3) is 11.8 Å². The minimum absolute atomic E-state index is 0.209. The van der Waals surface area contributed by atoms with Crippen LogP contribution in [0.5, 0.6) is 5.75 Å². The molecule has 0 aliphatic heterocycles. The first-order chi connectivity index (χ1) is 12.7. The summed E-state index contributed by atoms with van der Waals surface area (Å²) in [6, 6.07) is 13.6. The number of thiophene rings is 1. The van der Waals surface area contributed by atoms with E-state index in [9.17, 15) is 9.59 Å². The van der Waals surface area contributed by atoms with Crippen LogP contribution in [0.15, 0.2) is 71.9 Å². The SMILES string of the molecule is C=CCOc1cccc(NC(=O)c2ccc(NC(=O)c3ccco3)s2)c1. The zero-order valence-corrected chi connectivity index (χ0v) is 14.5. The molecule has 132 valence electrons. The van der Waals surface area contributed by atoms with Crippen LogP contribution in [0.4, 0.5) is 10.7 Å². The third-order valence-corrected chi connectivity index (χ3v) is 4.27. The number of ether oxygens (including phenoxy) is 1. The smallest absolute Gasteiger partial charge is 0.291 e. The number of rotatable bonds is 7. The van der Waals surface area contributed by atoms with Gasteiger partial charge in [0, 0.05) is 11.8 Å². The van der Waals surface area contributed by atoms with Gasteiger partial charge in [-0.25, -0.2) is 0 Å². The van der Waals surface area contributed by atoms with E-state index in [1.54, 1.807) is 54.6 Å². The number of carbonyl (C=O) groups excluding carboxylic acids is 2. The summed E-state index contributed by atoms with van der Waals surface area (Å²) in [4.78, 5) is 24.8. The topological polar surface area (TPSA) is 80.6 Å². The van der Waals surface area contributed by atoms with Gasteiger partial charge in [-0.05, 0) is 36.4 Å². The molecule has 3 rings (SSSR count). The number of hydrogen-bond acceptors (Lipinski definition) is 5. The quantitative estimate of drug-likeness (QED) is 0.605. The molecule has 0 unspecified atom stereocenters. The van der Waals surface area contributed by atoms with Crippen molar-refractivity contribution in [1.29, 1.82) is 0 Å². The van der Waals surface area contributed by atoms with Crippen molar-refractivity contribution in [2.45, 2.75) is 0 Å². The predicted molar refractivity (Wildman–Crippen MR) is 101 cm³/mol. The molecule has 0 spiro atoms. The third-order valence-electron chi connectivity index (χ3n) is 3.27. The van der Waals surface area contributed by atoms with Gasteiger partial charge in [0.05, 0.1) is 16.1 Å². The van der Waals surface area contributed by atoms with Crippen molar-refractivity contribution >= 4 is 33.8 Å². The van der Waals surface area contributed by atoms with Crippen molar-refractivity contribution < 1.29 is 18.7 Å². The Hall–Kier alpha value is -3.32. The van der Waals surface area contributed by atoms with Crippen molar-refractivity contribution in [3.63, 3.8) is 0 Å². The molecule has 3 aromatic rings. The average Bonchev–Trinajstić information content (AvgIpc) is 3.32. The van der Waals surface area contributed by atoms with E-state index in [2.05, 4.69) is 17.2 Å². The largest absolute Gasteiger partial charge is 0.489 e. The molecule has 1 aromatic carbocycles. The highest BCUT2D eigenvalue weighted by Crippen LogP contribution is 2.24. The Balaban J connectivity index is 1.63. The van der Waals surface area contributed by atoms with Crippen LogP contribution in [-0.4, -0.2) is 18.4 Å². The molecule has 26 heavy (non-hydrogen) atoms. The molecule has 0 bridgehead atoms. The van der Waals surface area contributed by atoms with Gasteiger partial charge < -0.3 is 19.8 Å². The van der Waals surface area contributed by atoms with Gasteiger partial charge in [-0.3, -0.25) is 9.59 Å². The van der Waals surface area contributed by atoms with E-state index in [0.29, 0.717) is 27.9 Å². The first-order valence-electron chi connectivity index (χ1n) is 7.75. The molecule has 0 saturated carbocycles. The lowest BCUT2D eigenvalue weighted by atomic mass is 10.3. The zero-order valence-electron chi connectivity index (χ0n) is 13.7. The molecular weight excluding hydrogens is 352 g/mol. The summed E-state index contributed by atoms with van der Waals surface area (Å²) in [5.74, 6) is 0.214. The number of furan rings is 1. The van der Waals surface area contributed by atoms with Gasteiger partial charge in [0.2, 0.25) is 0 Å². The van der Waals surface area contributed by atoms with Crippen molar-refractivity contribution in [2.75, 3.05) is 17.2 Å². The summed E-state index contributed by atoms with van der Waals surface area (Å²) in [6.07, 6.45) is 3.07. The minimum atomic E-state index is -0.365. The number of amides is 2. The minimum Gasteiger partial charge on any atom is -0.489 e. The molecule has 6 nitrogen and oxygen atoms in total. The van der Waals surface area contributed by atoms with Gasteiger partial charge in [0.1, 0.15) is 12.4 Å². The second-order valence-electron chi connectivity index (χ2n) is 5.18. The highest BCUT2D eigenvalue weighted by atomic mass is 32.1. The molecule has 7 heteroatoms. The molecule has 0 radical (unpaired) electrons. The van der Waals surface area contributed by atoms with Crippen LogP contribution in [0.2, 0.25) is 0 Å². The summed E-state index contributed by atoms with van der Waals surface area (Å²) in [5.41, 5.74) is 0.617. The van der Waals surface area contributed by atoms with Crippen LogP contribution in [-0.2, 0) is 0 Å². The van der Waals surface area contributed by atoms with Gasteiger partial charge >= 0.3 is 0 Å².